The summed E-state index contributed by atoms with van der Waals surface area (Å²) in [7, 11) is 0. The standard InChI is InChI=1S/C25H26N4O/c1-5-30-20-10-11-22-21(16-20)23(17-12-14-26-15-13-17)28-29-24(27-22)18-6-8-19(9-7-18)25(2,3)4/h6-16H,5H2,1-4H3,(H,27,29). The molecular weight excluding hydrogens is 372 g/mol. The molecule has 152 valence electrons. The Hall–Kier alpha value is -3.47. The van der Waals surface area contributed by atoms with E-state index in [1.807, 2.05) is 37.3 Å². The van der Waals surface area contributed by atoms with Gasteiger partial charge in [-0.15, -0.1) is 0 Å². The number of pyridine rings is 1. The first-order chi connectivity index (χ1) is 14.5. The minimum absolute atomic E-state index is 0.103. The zero-order valence-corrected chi connectivity index (χ0v) is 17.8. The van der Waals surface area contributed by atoms with Gasteiger partial charge in [0.15, 0.2) is 5.84 Å². The number of rotatable bonds is 4. The quantitative estimate of drug-likeness (QED) is 0.656. The maximum Gasteiger partial charge on any atom is 0.154 e. The molecule has 0 atom stereocenters. The second-order valence-corrected chi connectivity index (χ2v) is 8.21. The van der Waals surface area contributed by atoms with E-state index in [1.165, 1.54) is 5.56 Å². The van der Waals surface area contributed by atoms with Crippen molar-refractivity contribution in [1.29, 1.82) is 0 Å². The average molecular weight is 399 g/mol. The third kappa shape index (κ3) is 4.10. The summed E-state index contributed by atoms with van der Waals surface area (Å²) in [6, 6.07) is 18.3. The first-order valence-corrected chi connectivity index (χ1v) is 10.2. The van der Waals surface area contributed by atoms with E-state index >= 15 is 0 Å². The molecule has 4 rings (SSSR count). The fourth-order valence-electron chi connectivity index (χ4n) is 3.36. The predicted molar refractivity (Wildman–Crippen MR) is 122 cm³/mol. The molecule has 1 N–H and O–H groups in total. The largest absolute Gasteiger partial charge is 0.494 e. The van der Waals surface area contributed by atoms with Gasteiger partial charge in [-0.1, -0.05) is 45.0 Å². The van der Waals surface area contributed by atoms with Crippen molar-refractivity contribution in [3.05, 3.63) is 89.2 Å². The van der Waals surface area contributed by atoms with Crippen molar-refractivity contribution in [2.45, 2.75) is 33.1 Å². The fourth-order valence-corrected chi connectivity index (χ4v) is 3.36. The zero-order chi connectivity index (χ0) is 21.1. The van der Waals surface area contributed by atoms with Gasteiger partial charge >= 0.3 is 0 Å². The number of amidine groups is 1. The minimum atomic E-state index is 0.103. The van der Waals surface area contributed by atoms with Crippen LogP contribution in [-0.4, -0.2) is 23.1 Å². The van der Waals surface area contributed by atoms with Crippen LogP contribution in [0.15, 0.2) is 77.1 Å². The number of fused-ring (bicyclic) bond motifs is 1. The van der Waals surface area contributed by atoms with E-state index in [1.54, 1.807) is 12.4 Å². The SMILES string of the molecule is CCOc1ccc2c(c1)C(c1ccncc1)=NNC(c1ccc(C(C)(C)C)cc1)=N2. The smallest absolute Gasteiger partial charge is 0.154 e. The van der Waals surface area contributed by atoms with Gasteiger partial charge in [0, 0.05) is 29.1 Å². The van der Waals surface area contributed by atoms with Gasteiger partial charge in [-0.3, -0.25) is 10.4 Å². The van der Waals surface area contributed by atoms with Crippen LogP contribution in [0.2, 0.25) is 0 Å². The molecule has 0 unspecified atom stereocenters. The lowest BCUT2D eigenvalue weighted by atomic mass is 9.86. The third-order valence-corrected chi connectivity index (χ3v) is 5.02. The van der Waals surface area contributed by atoms with E-state index in [-0.39, 0.29) is 5.41 Å². The highest BCUT2D eigenvalue weighted by Gasteiger charge is 2.19. The summed E-state index contributed by atoms with van der Waals surface area (Å²) in [5.74, 6) is 1.51. The number of aliphatic imine (C=N–C) groups is 1. The number of hydrazone groups is 1. The van der Waals surface area contributed by atoms with Crippen molar-refractivity contribution in [3.63, 3.8) is 0 Å². The Morgan fingerprint density at radius 1 is 0.900 bits per heavy atom. The third-order valence-electron chi connectivity index (χ3n) is 5.02. The molecule has 30 heavy (non-hydrogen) atoms. The minimum Gasteiger partial charge on any atom is -0.494 e. The lowest BCUT2D eigenvalue weighted by Gasteiger charge is -2.19. The first kappa shape index (κ1) is 19.8. The lowest BCUT2D eigenvalue weighted by molar-refractivity contribution is 0.340. The summed E-state index contributed by atoms with van der Waals surface area (Å²) in [5, 5.41) is 4.72. The summed E-state index contributed by atoms with van der Waals surface area (Å²) in [6.07, 6.45) is 3.53. The molecule has 2 heterocycles. The Morgan fingerprint density at radius 3 is 2.30 bits per heavy atom. The molecule has 0 saturated carbocycles. The molecule has 0 aliphatic carbocycles. The van der Waals surface area contributed by atoms with Gasteiger partial charge in [-0.05, 0) is 48.2 Å². The highest BCUT2D eigenvalue weighted by molar-refractivity contribution is 6.18. The normalized spacial score (nSPS) is 13.5. The van der Waals surface area contributed by atoms with Crippen LogP contribution in [0, 0.1) is 0 Å². The molecule has 5 heteroatoms. The van der Waals surface area contributed by atoms with Crippen molar-refractivity contribution in [2.24, 2.45) is 10.1 Å². The van der Waals surface area contributed by atoms with Crippen LogP contribution < -0.4 is 10.2 Å². The molecule has 1 aliphatic rings. The second kappa shape index (κ2) is 8.11. The van der Waals surface area contributed by atoms with E-state index in [4.69, 9.17) is 14.8 Å². The Morgan fingerprint density at radius 2 is 1.63 bits per heavy atom. The summed E-state index contributed by atoms with van der Waals surface area (Å²) in [4.78, 5) is 9.03. The highest BCUT2D eigenvalue weighted by atomic mass is 16.5. The van der Waals surface area contributed by atoms with E-state index in [0.29, 0.717) is 12.4 Å². The molecule has 0 saturated heterocycles. The van der Waals surface area contributed by atoms with Gasteiger partial charge in [0.2, 0.25) is 0 Å². The Bertz CT molecular complexity index is 1090. The van der Waals surface area contributed by atoms with E-state index in [2.05, 4.69) is 55.4 Å². The summed E-state index contributed by atoms with van der Waals surface area (Å²) in [6.45, 7) is 9.21. The van der Waals surface area contributed by atoms with E-state index in [0.717, 1.165) is 33.8 Å². The summed E-state index contributed by atoms with van der Waals surface area (Å²) in [5.41, 5.74) is 9.08. The molecular formula is C25H26N4O. The van der Waals surface area contributed by atoms with Crippen LogP contribution in [0.3, 0.4) is 0 Å². The lowest BCUT2D eigenvalue weighted by Crippen LogP contribution is -2.20. The van der Waals surface area contributed by atoms with Crippen molar-refractivity contribution >= 4 is 17.2 Å². The van der Waals surface area contributed by atoms with Crippen LogP contribution in [0.25, 0.3) is 0 Å². The van der Waals surface area contributed by atoms with Crippen LogP contribution in [0.1, 0.15) is 49.9 Å². The molecule has 0 spiro atoms. The average Bonchev–Trinajstić information content (AvgIpc) is 2.93. The topological polar surface area (TPSA) is 58.9 Å². The maximum absolute atomic E-state index is 5.72. The molecule has 3 aromatic rings. The van der Waals surface area contributed by atoms with Crippen LogP contribution >= 0.6 is 0 Å². The molecule has 0 fully saturated rings. The van der Waals surface area contributed by atoms with Crippen molar-refractivity contribution in [2.75, 3.05) is 6.61 Å². The Balaban J connectivity index is 1.80. The number of hydrogen-bond donors (Lipinski definition) is 1. The zero-order valence-electron chi connectivity index (χ0n) is 17.8. The van der Waals surface area contributed by atoms with E-state index in [9.17, 15) is 0 Å². The van der Waals surface area contributed by atoms with Gasteiger partial charge in [-0.25, -0.2) is 4.99 Å². The van der Waals surface area contributed by atoms with Gasteiger partial charge < -0.3 is 4.74 Å². The summed E-state index contributed by atoms with van der Waals surface area (Å²) >= 11 is 0. The molecule has 2 aromatic carbocycles. The molecule has 1 aromatic heterocycles. The molecule has 0 amide bonds. The van der Waals surface area contributed by atoms with Crippen molar-refractivity contribution < 1.29 is 4.74 Å². The summed E-state index contributed by atoms with van der Waals surface area (Å²) < 4.78 is 5.72. The van der Waals surface area contributed by atoms with Gasteiger partial charge in [0.1, 0.15) is 11.5 Å². The Kier molecular flexibility index (Phi) is 5.36. The number of nitrogens with one attached hydrogen (secondary N) is 1. The number of hydrogen-bond acceptors (Lipinski definition) is 5. The molecule has 1 aliphatic heterocycles. The number of benzene rings is 2. The van der Waals surface area contributed by atoms with Crippen LogP contribution in [0.4, 0.5) is 5.69 Å². The molecule has 5 nitrogen and oxygen atoms in total. The fraction of sp³-hybridized carbons (Fsp3) is 0.240. The van der Waals surface area contributed by atoms with Crippen molar-refractivity contribution in [3.8, 4) is 5.75 Å². The Labute approximate surface area is 177 Å². The van der Waals surface area contributed by atoms with E-state index < -0.39 is 0 Å². The monoisotopic (exact) mass is 398 g/mol. The van der Waals surface area contributed by atoms with Crippen LogP contribution in [-0.2, 0) is 5.41 Å². The number of aromatic nitrogens is 1. The highest BCUT2D eigenvalue weighted by Crippen LogP contribution is 2.30. The number of nitrogens with zero attached hydrogens (tertiary/aromatic N) is 3. The van der Waals surface area contributed by atoms with Gasteiger partial charge in [0.25, 0.3) is 0 Å². The van der Waals surface area contributed by atoms with Crippen LogP contribution in [0.5, 0.6) is 5.75 Å². The molecule has 0 bridgehead atoms. The second-order valence-electron chi connectivity index (χ2n) is 8.21. The maximum atomic E-state index is 5.72. The van der Waals surface area contributed by atoms with Crippen molar-refractivity contribution in [1.82, 2.24) is 10.4 Å². The van der Waals surface area contributed by atoms with Gasteiger partial charge in [0.05, 0.1) is 12.3 Å². The van der Waals surface area contributed by atoms with Gasteiger partial charge in [-0.2, -0.15) is 5.10 Å². The first-order valence-electron chi connectivity index (χ1n) is 10.2. The predicted octanol–water partition coefficient (Wildman–Crippen LogP) is 5.21. The number of ether oxygens (including phenoxy) is 1. The molecule has 0 radical (unpaired) electrons.